The largest absolute Gasteiger partial charge is 0.507 e. The summed E-state index contributed by atoms with van der Waals surface area (Å²) in [4.78, 5) is 0. The molecule has 25 heavy (non-hydrogen) atoms. The van der Waals surface area contributed by atoms with Gasteiger partial charge in [-0.15, -0.1) is 0 Å². The molecule has 1 fully saturated rings. The maximum Gasteiger partial charge on any atom is 0.161 e. The minimum atomic E-state index is -1.16. The molecule has 1 aliphatic carbocycles. The van der Waals surface area contributed by atoms with Crippen molar-refractivity contribution in [3.05, 3.63) is 65.5 Å². The molecular weight excluding hydrogens is 329 g/mol. The molecule has 0 amide bonds. The van der Waals surface area contributed by atoms with Gasteiger partial charge in [0.25, 0.3) is 0 Å². The molecule has 0 aromatic heterocycles. The van der Waals surface area contributed by atoms with Gasteiger partial charge in [0.2, 0.25) is 0 Å². The predicted octanol–water partition coefficient (Wildman–Crippen LogP) is 5.89. The van der Waals surface area contributed by atoms with Gasteiger partial charge >= 0.3 is 0 Å². The smallest absolute Gasteiger partial charge is 0.161 e. The summed E-state index contributed by atoms with van der Waals surface area (Å²) in [5.41, 5.74) is 1.49. The highest BCUT2D eigenvalue weighted by molar-refractivity contribution is 5.58. The quantitative estimate of drug-likeness (QED) is 0.663. The van der Waals surface area contributed by atoms with Crippen LogP contribution in [0.1, 0.15) is 49.1 Å². The lowest BCUT2D eigenvalue weighted by atomic mass is 9.83. The number of aromatic hydroxyl groups is 2. The zero-order valence-electron chi connectivity index (χ0n) is 13.8. The molecule has 134 valence electrons. The molecule has 0 bridgehead atoms. The van der Waals surface area contributed by atoms with Crippen LogP contribution in [0.5, 0.6) is 11.5 Å². The standard InChI is InChI=1S/C14H18O2.C6H3F3/c1-2-10-8-12(15)14(13(16)9-10)11-6-4-3-5-7-11;7-4-1-2-5(8)6(9)3-4/h2,8-9,11,15-16H,1,3-7H2;1-3H. The average molecular weight is 350 g/mol. The van der Waals surface area contributed by atoms with E-state index >= 15 is 0 Å². The van der Waals surface area contributed by atoms with Crippen molar-refractivity contribution in [1.82, 2.24) is 0 Å². The fourth-order valence-electron chi connectivity index (χ4n) is 3.04. The second-order valence-corrected chi connectivity index (χ2v) is 6.07. The summed E-state index contributed by atoms with van der Waals surface area (Å²) in [5, 5.41) is 19.9. The van der Waals surface area contributed by atoms with Gasteiger partial charge in [0.05, 0.1) is 0 Å². The van der Waals surface area contributed by atoms with Crippen LogP contribution in [-0.4, -0.2) is 10.2 Å². The zero-order valence-corrected chi connectivity index (χ0v) is 13.8. The van der Waals surface area contributed by atoms with Gasteiger partial charge in [0.15, 0.2) is 11.6 Å². The van der Waals surface area contributed by atoms with E-state index in [1.807, 2.05) is 0 Å². The fourth-order valence-corrected chi connectivity index (χ4v) is 3.04. The van der Waals surface area contributed by atoms with Gasteiger partial charge in [-0.3, -0.25) is 0 Å². The molecule has 0 unspecified atom stereocenters. The van der Waals surface area contributed by atoms with Gasteiger partial charge in [-0.25, -0.2) is 13.2 Å². The first-order chi connectivity index (χ1) is 11.9. The molecule has 5 heteroatoms. The van der Waals surface area contributed by atoms with Gasteiger partial charge in [-0.2, -0.15) is 0 Å². The van der Waals surface area contributed by atoms with Crippen LogP contribution in [0.25, 0.3) is 6.08 Å². The van der Waals surface area contributed by atoms with Gasteiger partial charge in [-0.1, -0.05) is 31.9 Å². The van der Waals surface area contributed by atoms with E-state index in [2.05, 4.69) is 6.58 Å². The van der Waals surface area contributed by atoms with E-state index in [1.165, 1.54) is 19.3 Å². The van der Waals surface area contributed by atoms with Crippen molar-refractivity contribution < 1.29 is 23.4 Å². The Bertz CT molecular complexity index is 715. The lowest BCUT2D eigenvalue weighted by Crippen LogP contribution is -2.05. The van der Waals surface area contributed by atoms with E-state index in [-0.39, 0.29) is 11.5 Å². The molecule has 0 saturated heterocycles. The highest BCUT2D eigenvalue weighted by Crippen LogP contribution is 2.42. The number of halogens is 3. The number of hydrogen-bond acceptors (Lipinski definition) is 2. The Kier molecular flexibility index (Phi) is 6.51. The molecule has 2 aromatic rings. The van der Waals surface area contributed by atoms with Crippen molar-refractivity contribution >= 4 is 6.08 Å². The Balaban J connectivity index is 0.000000212. The maximum atomic E-state index is 12.0. The number of phenols is 2. The van der Waals surface area contributed by atoms with Crippen LogP contribution >= 0.6 is 0 Å². The second-order valence-electron chi connectivity index (χ2n) is 6.07. The summed E-state index contributed by atoms with van der Waals surface area (Å²) >= 11 is 0. The molecule has 0 aliphatic heterocycles. The molecule has 2 N–H and O–H groups in total. The topological polar surface area (TPSA) is 40.5 Å². The van der Waals surface area contributed by atoms with Crippen molar-refractivity contribution in [3.63, 3.8) is 0 Å². The van der Waals surface area contributed by atoms with Crippen LogP contribution in [0.15, 0.2) is 36.9 Å². The van der Waals surface area contributed by atoms with Crippen molar-refractivity contribution in [2.45, 2.75) is 38.0 Å². The van der Waals surface area contributed by atoms with E-state index in [1.54, 1.807) is 18.2 Å². The predicted molar refractivity (Wildman–Crippen MR) is 92.0 cm³/mol. The average Bonchev–Trinajstić information content (AvgIpc) is 2.59. The first-order valence-electron chi connectivity index (χ1n) is 8.21. The minimum absolute atomic E-state index is 0.210. The highest BCUT2D eigenvalue weighted by atomic mass is 19.2. The fraction of sp³-hybridized carbons (Fsp3) is 0.300. The molecule has 1 saturated carbocycles. The minimum Gasteiger partial charge on any atom is -0.507 e. The molecule has 0 heterocycles. The Morgan fingerprint density at radius 2 is 1.48 bits per heavy atom. The molecular formula is C20H21F3O2. The van der Waals surface area contributed by atoms with E-state index in [0.29, 0.717) is 12.0 Å². The molecule has 2 nitrogen and oxygen atoms in total. The first-order valence-corrected chi connectivity index (χ1v) is 8.21. The van der Waals surface area contributed by atoms with Gasteiger partial charge in [-0.05, 0) is 48.6 Å². The number of phenolic OH excluding ortho intramolecular Hbond substituents is 2. The second kappa shape index (κ2) is 8.60. The maximum absolute atomic E-state index is 12.0. The van der Waals surface area contributed by atoms with Crippen LogP contribution in [0.4, 0.5) is 13.2 Å². The molecule has 0 spiro atoms. The summed E-state index contributed by atoms with van der Waals surface area (Å²) in [6.45, 7) is 3.63. The van der Waals surface area contributed by atoms with Gasteiger partial charge in [0.1, 0.15) is 17.3 Å². The monoisotopic (exact) mass is 350 g/mol. The van der Waals surface area contributed by atoms with Gasteiger partial charge in [0, 0.05) is 11.6 Å². The van der Waals surface area contributed by atoms with Crippen LogP contribution in [-0.2, 0) is 0 Å². The Labute approximate surface area is 145 Å². The summed E-state index contributed by atoms with van der Waals surface area (Å²) < 4.78 is 35.9. The SMILES string of the molecule is C=Cc1cc(O)c(C2CCCCC2)c(O)c1.Fc1ccc(F)c(F)c1. The normalized spacial score (nSPS) is 14.5. The summed E-state index contributed by atoms with van der Waals surface area (Å²) in [7, 11) is 0. The summed E-state index contributed by atoms with van der Waals surface area (Å²) in [6, 6.07) is 5.45. The number of hydrogen-bond donors (Lipinski definition) is 2. The Morgan fingerprint density at radius 3 is 1.96 bits per heavy atom. The molecule has 1 aliphatic rings. The third-order valence-corrected chi connectivity index (χ3v) is 4.29. The van der Waals surface area contributed by atoms with Crippen LogP contribution in [0.2, 0.25) is 0 Å². The number of rotatable bonds is 2. The third-order valence-electron chi connectivity index (χ3n) is 4.29. The molecule has 0 atom stereocenters. The third kappa shape index (κ3) is 5.02. The van der Waals surface area contributed by atoms with E-state index in [0.717, 1.165) is 36.1 Å². The van der Waals surface area contributed by atoms with E-state index < -0.39 is 17.5 Å². The Morgan fingerprint density at radius 1 is 0.880 bits per heavy atom. The first kappa shape index (κ1) is 18.9. The van der Waals surface area contributed by atoms with Gasteiger partial charge < -0.3 is 10.2 Å². The van der Waals surface area contributed by atoms with Crippen molar-refractivity contribution in [2.24, 2.45) is 0 Å². The summed E-state index contributed by atoms with van der Waals surface area (Å²) in [5.74, 6) is -2.23. The van der Waals surface area contributed by atoms with E-state index in [4.69, 9.17) is 0 Å². The Hall–Kier alpha value is -2.43. The number of benzene rings is 2. The summed E-state index contributed by atoms with van der Waals surface area (Å²) in [6.07, 6.45) is 7.40. The molecule has 0 radical (unpaired) electrons. The van der Waals surface area contributed by atoms with Crippen LogP contribution in [0.3, 0.4) is 0 Å². The van der Waals surface area contributed by atoms with E-state index in [9.17, 15) is 23.4 Å². The van der Waals surface area contributed by atoms with Crippen molar-refractivity contribution in [3.8, 4) is 11.5 Å². The van der Waals surface area contributed by atoms with Crippen molar-refractivity contribution in [2.75, 3.05) is 0 Å². The molecule has 3 rings (SSSR count). The van der Waals surface area contributed by atoms with Crippen molar-refractivity contribution in [1.29, 1.82) is 0 Å². The molecule has 2 aromatic carbocycles. The van der Waals surface area contributed by atoms with Crippen LogP contribution in [0, 0.1) is 17.5 Å². The highest BCUT2D eigenvalue weighted by Gasteiger charge is 2.22. The lowest BCUT2D eigenvalue weighted by molar-refractivity contribution is 0.389. The zero-order chi connectivity index (χ0) is 18.4. The lowest BCUT2D eigenvalue weighted by Gasteiger charge is -2.23. The van der Waals surface area contributed by atoms with Crippen LogP contribution < -0.4 is 0 Å².